The van der Waals surface area contributed by atoms with Gasteiger partial charge in [-0.25, -0.2) is 4.98 Å². The first-order chi connectivity index (χ1) is 6.68. The van der Waals surface area contributed by atoms with Gasteiger partial charge < -0.3 is 15.4 Å². The van der Waals surface area contributed by atoms with E-state index < -0.39 is 5.97 Å². The fraction of sp³-hybridized carbons (Fsp3) is 0.556. The van der Waals surface area contributed by atoms with Crippen LogP contribution in [0.4, 0.5) is 0 Å². The lowest BCUT2D eigenvalue weighted by atomic mass is 10.2. The molecule has 5 nitrogen and oxygen atoms in total. The van der Waals surface area contributed by atoms with Crippen LogP contribution in [0.15, 0.2) is 12.4 Å². The zero-order valence-electron chi connectivity index (χ0n) is 8.16. The standard InChI is InChI=1S/C9H15N3O2/c1-7(2-3-9(13)14)12-6-8-10-4-5-11-8/h4-5,7,12H,2-3,6H2,1H3,(H,10,11)(H,13,14). The molecule has 1 rings (SSSR count). The summed E-state index contributed by atoms with van der Waals surface area (Å²) in [5.41, 5.74) is 0. The highest BCUT2D eigenvalue weighted by Crippen LogP contribution is 1.97. The highest BCUT2D eigenvalue weighted by molar-refractivity contribution is 5.66. The number of imidazole rings is 1. The second-order valence-electron chi connectivity index (χ2n) is 3.25. The highest BCUT2D eigenvalue weighted by Gasteiger charge is 2.05. The molecule has 0 bridgehead atoms. The molecule has 3 N–H and O–H groups in total. The fourth-order valence-electron chi connectivity index (χ4n) is 1.11. The van der Waals surface area contributed by atoms with Gasteiger partial charge in [-0.1, -0.05) is 0 Å². The topological polar surface area (TPSA) is 78.0 Å². The van der Waals surface area contributed by atoms with Crippen molar-refractivity contribution in [3.63, 3.8) is 0 Å². The number of hydrogen-bond acceptors (Lipinski definition) is 3. The van der Waals surface area contributed by atoms with E-state index in [0.717, 1.165) is 5.82 Å². The molecule has 1 heterocycles. The van der Waals surface area contributed by atoms with Gasteiger partial charge in [0.25, 0.3) is 0 Å². The van der Waals surface area contributed by atoms with E-state index in [0.29, 0.717) is 13.0 Å². The summed E-state index contributed by atoms with van der Waals surface area (Å²) in [6, 6.07) is 0.191. The van der Waals surface area contributed by atoms with Crippen LogP contribution < -0.4 is 5.32 Å². The first-order valence-corrected chi connectivity index (χ1v) is 4.62. The van der Waals surface area contributed by atoms with E-state index in [1.54, 1.807) is 12.4 Å². The van der Waals surface area contributed by atoms with E-state index in [1.165, 1.54) is 0 Å². The zero-order chi connectivity index (χ0) is 10.4. The number of nitrogens with one attached hydrogen (secondary N) is 2. The number of aliphatic carboxylic acids is 1. The Morgan fingerprint density at radius 3 is 3.14 bits per heavy atom. The van der Waals surface area contributed by atoms with E-state index in [9.17, 15) is 4.79 Å². The average molecular weight is 197 g/mol. The first-order valence-electron chi connectivity index (χ1n) is 4.62. The molecule has 1 unspecified atom stereocenters. The third-order valence-corrected chi connectivity index (χ3v) is 1.96. The van der Waals surface area contributed by atoms with Gasteiger partial charge in [0.15, 0.2) is 0 Å². The number of H-pyrrole nitrogens is 1. The number of carboxylic acid groups (broad SMARTS) is 1. The van der Waals surface area contributed by atoms with Crippen molar-refractivity contribution < 1.29 is 9.90 Å². The second kappa shape index (κ2) is 5.39. The van der Waals surface area contributed by atoms with E-state index in [-0.39, 0.29) is 12.5 Å². The third-order valence-electron chi connectivity index (χ3n) is 1.96. The van der Waals surface area contributed by atoms with Gasteiger partial charge in [-0.3, -0.25) is 4.79 Å². The molecule has 78 valence electrons. The SMILES string of the molecule is CC(CCC(=O)O)NCc1ncc[nH]1. The van der Waals surface area contributed by atoms with Crippen LogP contribution in [0, 0.1) is 0 Å². The Balaban J connectivity index is 2.15. The second-order valence-corrected chi connectivity index (χ2v) is 3.25. The third kappa shape index (κ3) is 4.04. The van der Waals surface area contributed by atoms with Crippen LogP contribution in [0.1, 0.15) is 25.6 Å². The van der Waals surface area contributed by atoms with E-state index in [1.807, 2.05) is 6.92 Å². The van der Waals surface area contributed by atoms with Crippen molar-refractivity contribution in [1.29, 1.82) is 0 Å². The van der Waals surface area contributed by atoms with Gasteiger partial charge in [0.1, 0.15) is 5.82 Å². The molecule has 5 heteroatoms. The van der Waals surface area contributed by atoms with Crippen molar-refractivity contribution in [2.45, 2.75) is 32.4 Å². The van der Waals surface area contributed by atoms with Gasteiger partial charge >= 0.3 is 5.97 Å². The fourth-order valence-corrected chi connectivity index (χ4v) is 1.11. The molecule has 0 amide bonds. The molecule has 0 fully saturated rings. The van der Waals surface area contributed by atoms with Gasteiger partial charge in [0.2, 0.25) is 0 Å². The largest absolute Gasteiger partial charge is 0.481 e. The summed E-state index contributed by atoms with van der Waals surface area (Å²) in [5, 5.41) is 11.7. The van der Waals surface area contributed by atoms with Crippen LogP contribution in [-0.4, -0.2) is 27.1 Å². The molecule has 0 saturated heterocycles. The number of hydrogen-bond donors (Lipinski definition) is 3. The van der Waals surface area contributed by atoms with E-state index in [4.69, 9.17) is 5.11 Å². The van der Waals surface area contributed by atoms with Crippen molar-refractivity contribution in [2.24, 2.45) is 0 Å². The minimum absolute atomic E-state index is 0.191. The summed E-state index contributed by atoms with van der Waals surface area (Å²) in [6.45, 7) is 2.61. The number of carboxylic acids is 1. The maximum atomic E-state index is 10.3. The Morgan fingerprint density at radius 1 is 1.79 bits per heavy atom. The lowest BCUT2D eigenvalue weighted by Gasteiger charge is -2.10. The lowest BCUT2D eigenvalue weighted by molar-refractivity contribution is -0.137. The van der Waals surface area contributed by atoms with Gasteiger partial charge in [0.05, 0.1) is 6.54 Å². The van der Waals surface area contributed by atoms with Crippen LogP contribution in [0.2, 0.25) is 0 Å². The monoisotopic (exact) mass is 197 g/mol. The summed E-state index contributed by atoms with van der Waals surface area (Å²) < 4.78 is 0. The highest BCUT2D eigenvalue weighted by atomic mass is 16.4. The van der Waals surface area contributed by atoms with Crippen LogP contribution in [0.5, 0.6) is 0 Å². The van der Waals surface area contributed by atoms with Crippen molar-refractivity contribution in [1.82, 2.24) is 15.3 Å². The lowest BCUT2D eigenvalue weighted by Crippen LogP contribution is -2.26. The Labute approximate surface area is 82.6 Å². The van der Waals surface area contributed by atoms with E-state index >= 15 is 0 Å². The molecule has 1 aromatic heterocycles. The normalized spacial score (nSPS) is 12.6. The Morgan fingerprint density at radius 2 is 2.57 bits per heavy atom. The van der Waals surface area contributed by atoms with Crippen molar-refractivity contribution in [2.75, 3.05) is 0 Å². The number of carbonyl (C=O) groups is 1. The molecular formula is C9H15N3O2. The minimum atomic E-state index is -0.753. The summed E-state index contributed by atoms with van der Waals surface area (Å²) in [6.07, 6.45) is 4.29. The summed E-state index contributed by atoms with van der Waals surface area (Å²) in [4.78, 5) is 17.3. The molecule has 0 spiro atoms. The minimum Gasteiger partial charge on any atom is -0.481 e. The first kappa shape index (κ1) is 10.7. The van der Waals surface area contributed by atoms with Gasteiger partial charge in [-0.2, -0.15) is 0 Å². The quantitative estimate of drug-likeness (QED) is 0.629. The van der Waals surface area contributed by atoms with Crippen LogP contribution in [0.25, 0.3) is 0 Å². The maximum Gasteiger partial charge on any atom is 0.303 e. The zero-order valence-corrected chi connectivity index (χ0v) is 8.16. The molecule has 0 aliphatic carbocycles. The van der Waals surface area contributed by atoms with Crippen molar-refractivity contribution in [3.8, 4) is 0 Å². The smallest absolute Gasteiger partial charge is 0.303 e. The Bertz CT molecular complexity index is 272. The van der Waals surface area contributed by atoms with Crippen LogP contribution in [-0.2, 0) is 11.3 Å². The molecule has 0 radical (unpaired) electrons. The molecule has 1 atom stereocenters. The predicted molar refractivity (Wildman–Crippen MR) is 51.8 cm³/mol. The van der Waals surface area contributed by atoms with Crippen LogP contribution >= 0.6 is 0 Å². The van der Waals surface area contributed by atoms with Gasteiger partial charge in [-0.15, -0.1) is 0 Å². The number of aromatic amines is 1. The molecule has 14 heavy (non-hydrogen) atoms. The number of nitrogens with zero attached hydrogens (tertiary/aromatic N) is 1. The molecule has 0 aromatic carbocycles. The van der Waals surface area contributed by atoms with E-state index in [2.05, 4.69) is 15.3 Å². The molecule has 0 aliphatic heterocycles. The summed E-state index contributed by atoms with van der Waals surface area (Å²) in [7, 11) is 0. The summed E-state index contributed by atoms with van der Waals surface area (Å²) >= 11 is 0. The molecule has 0 saturated carbocycles. The summed E-state index contributed by atoms with van der Waals surface area (Å²) in [5.74, 6) is 0.115. The Kier molecular flexibility index (Phi) is 4.12. The Hall–Kier alpha value is -1.36. The van der Waals surface area contributed by atoms with Crippen molar-refractivity contribution >= 4 is 5.97 Å². The molecule has 0 aliphatic rings. The molecular weight excluding hydrogens is 182 g/mol. The number of rotatable bonds is 6. The van der Waals surface area contributed by atoms with Gasteiger partial charge in [0, 0.05) is 24.9 Å². The predicted octanol–water partition coefficient (Wildman–Crippen LogP) is 0.753. The molecule has 1 aromatic rings. The van der Waals surface area contributed by atoms with Gasteiger partial charge in [-0.05, 0) is 13.3 Å². The van der Waals surface area contributed by atoms with Crippen molar-refractivity contribution in [3.05, 3.63) is 18.2 Å². The van der Waals surface area contributed by atoms with Crippen LogP contribution in [0.3, 0.4) is 0 Å². The number of aromatic nitrogens is 2. The maximum absolute atomic E-state index is 10.3. The average Bonchev–Trinajstić information content (AvgIpc) is 2.63.